The van der Waals surface area contributed by atoms with Gasteiger partial charge in [-0.05, 0) is 6.92 Å². The first-order chi connectivity index (χ1) is 8.91. The fourth-order valence-corrected chi connectivity index (χ4v) is 1.05. The van der Waals surface area contributed by atoms with E-state index in [0.717, 1.165) is 0 Å². The van der Waals surface area contributed by atoms with Crippen LogP contribution in [0, 0.1) is 6.92 Å². The minimum absolute atomic E-state index is 0.0446. The molecule has 0 aromatic carbocycles. The van der Waals surface area contributed by atoms with Gasteiger partial charge in [0, 0.05) is 6.61 Å². The van der Waals surface area contributed by atoms with Crippen molar-refractivity contribution in [1.29, 1.82) is 0 Å². The largest absolute Gasteiger partial charge is 0.394 e. The number of hydrogen-bond acceptors (Lipinski definition) is 6. The zero-order chi connectivity index (χ0) is 13.3. The van der Waals surface area contributed by atoms with E-state index in [1.807, 2.05) is 0 Å². The first-order valence-electron chi connectivity index (χ1n) is 6.20. The predicted octanol–water partition coefficient (Wildman–Crippen LogP) is -0.104. The van der Waals surface area contributed by atoms with Crippen LogP contribution in [0.4, 0.5) is 0 Å². The van der Waals surface area contributed by atoms with Crippen molar-refractivity contribution in [3.05, 3.63) is 6.92 Å². The highest BCUT2D eigenvalue weighted by Crippen LogP contribution is 1.83. The van der Waals surface area contributed by atoms with Gasteiger partial charge in [0.1, 0.15) is 0 Å². The highest BCUT2D eigenvalue weighted by molar-refractivity contribution is 4.36. The molecule has 0 rings (SSSR count). The Morgan fingerprint density at radius 2 is 0.889 bits per heavy atom. The van der Waals surface area contributed by atoms with Crippen molar-refractivity contribution in [3.8, 4) is 0 Å². The summed E-state index contributed by atoms with van der Waals surface area (Å²) in [5, 5.41) is 8.45. The van der Waals surface area contributed by atoms with Gasteiger partial charge in [0.2, 0.25) is 0 Å². The summed E-state index contributed by atoms with van der Waals surface area (Å²) < 4.78 is 25.8. The highest BCUT2D eigenvalue weighted by Gasteiger charge is 1.92. The maximum absolute atomic E-state index is 8.45. The molecule has 109 valence electrons. The molecule has 0 amide bonds. The molecule has 0 atom stereocenters. The van der Waals surface area contributed by atoms with E-state index in [0.29, 0.717) is 66.1 Å². The van der Waals surface area contributed by atoms with Gasteiger partial charge < -0.3 is 28.8 Å². The molecule has 0 fully saturated rings. The molecule has 0 saturated carbocycles. The van der Waals surface area contributed by atoms with Crippen LogP contribution in [0.2, 0.25) is 0 Å². The van der Waals surface area contributed by atoms with Gasteiger partial charge >= 0.3 is 0 Å². The lowest BCUT2D eigenvalue weighted by molar-refractivity contribution is -0.0119. The number of ether oxygens (including phenoxy) is 5. The van der Waals surface area contributed by atoms with Crippen molar-refractivity contribution in [2.45, 2.75) is 0 Å². The van der Waals surface area contributed by atoms with Crippen molar-refractivity contribution in [1.82, 2.24) is 0 Å². The lowest BCUT2D eigenvalue weighted by Crippen LogP contribution is -2.13. The summed E-state index contributed by atoms with van der Waals surface area (Å²) in [5.41, 5.74) is 0. The van der Waals surface area contributed by atoms with Crippen LogP contribution in [0.25, 0.3) is 0 Å². The van der Waals surface area contributed by atoms with Crippen molar-refractivity contribution in [2.24, 2.45) is 0 Å². The number of aliphatic hydroxyl groups excluding tert-OH is 1. The Balaban J connectivity index is 2.86. The standard InChI is InChI=1S/C12H25O6/c1-2-14-5-6-16-9-10-18-12-11-17-8-7-15-4-3-13/h13H,1-12H2. The molecule has 0 bridgehead atoms. The first kappa shape index (κ1) is 17.8. The van der Waals surface area contributed by atoms with Crippen molar-refractivity contribution >= 4 is 0 Å². The second kappa shape index (κ2) is 16.8. The van der Waals surface area contributed by atoms with E-state index in [1.54, 1.807) is 0 Å². The molecular weight excluding hydrogens is 240 g/mol. The van der Waals surface area contributed by atoms with Crippen LogP contribution in [0.15, 0.2) is 0 Å². The lowest BCUT2D eigenvalue weighted by Gasteiger charge is -2.07. The van der Waals surface area contributed by atoms with E-state index in [1.165, 1.54) is 0 Å². The Bertz CT molecular complexity index is 129. The third kappa shape index (κ3) is 15.8. The summed E-state index contributed by atoms with van der Waals surface area (Å²) in [6.07, 6.45) is 0. The molecule has 0 aromatic heterocycles. The molecule has 0 aliphatic carbocycles. The van der Waals surface area contributed by atoms with E-state index in [9.17, 15) is 0 Å². The quantitative estimate of drug-likeness (QED) is 0.417. The molecule has 0 aliphatic rings. The van der Waals surface area contributed by atoms with Crippen LogP contribution in [0.5, 0.6) is 0 Å². The molecule has 0 aliphatic heterocycles. The Labute approximate surface area is 109 Å². The maximum atomic E-state index is 8.45. The fraction of sp³-hybridized carbons (Fsp3) is 0.917. The topological polar surface area (TPSA) is 66.4 Å². The Morgan fingerprint density at radius 3 is 1.22 bits per heavy atom. The van der Waals surface area contributed by atoms with Crippen molar-refractivity contribution in [3.63, 3.8) is 0 Å². The third-order valence-electron chi connectivity index (χ3n) is 1.87. The van der Waals surface area contributed by atoms with Gasteiger partial charge in [-0.15, -0.1) is 0 Å². The molecule has 0 saturated heterocycles. The summed E-state index contributed by atoms with van der Waals surface area (Å²) in [5.74, 6) is 0. The van der Waals surface area contributed by atoms with Crippen LogP contribution in [0.1, 0.15) is 0 Å². The lowest BCUT2D eigenvalue weighted by atomic mass is 10.7. The molecular formula is C12H25O6. The molecule has 0 heterocycles. The molecule has 0 unspecified atom stereocenters. The van der Waals surface area contributed by atoms with E-state index < -0.39 is 0 Å². The second-order valence-corrected chi connectivity index (χ2v) is 3.29. The minimum atomic E-state index is 0.0446. The molecule has 18 heavy (non-hydrogen) atoms. The third-order valence-corrected chi connectivity index (χ3v) is 1.87. The summed E-state index contributed by atoms with van der Waals surface area (Å²) >= 11 is 0. The highest BCUT2D eigenvalue weighted by atomic mass is 16.6. The fourth-order valence-electron chi connectivity index (χ4n) is 1.05. The molecule has 1 radical (unpaired) electrons. The molecule has 6 heteroatoms. The van der Waals surface area contributed by atoms with Gasteiger partial charge in [-0.3, -0.25) is 0 Å². The number of aliphatic hydroxyl groups is 1. The first-order valence-corrected chi connectivity index (χ1v) is 6.20. The monoisotopic (exact) mass is 265 g/mol. The van der Waals surface area contributed by atoms with Crippen molar-refractivity contribution in [2.75, 3.05) is 72.7 Å². The average molecular weight is 265 g/mol. The van der Waals surface area contributed by atoms with E-state index in [-0.39, 0.29) is 6.61 Å². The molecule has 1 N–H and O–H groups in total. The van der Waals surface area contributed by atoms with Crippen LogP contribution < -0.4 is 0 Å². The van der Waals surface area contributed by atoms with E-state index in [4.69, 9.17) is 28.8 Å². The maximum Gasteiger partial charge on any atom is 0.0701 e. The van der Waals surface area contributed by atoms with Crippen LogP contribution in [-0.2, 0) is 23.7 Å². The van der Waals surface area contributed by atoms with Crippen LogP contribution >= 0.6 is 0 Å². The van der Waals surface area contributed by atoms with E-state index >= 15 is 0 Å². The van der Waals surface area contributed by atoms with Gasteiger partial charge in [-0.25, -0.2) is 0 Å². The SMILES string of the molecule is [CH2]COCCOCCOCCOCCOCCO. The number of hydrogen-bond donors (Lipinski definition) is 1. The van der Waals surface area contributed by atoms with Crippen molar-refractivity contribution < 1.29 is 28.8 Å². The van der Waals surface area contributed by atoms with E-state index in [2.05, 4.69) is 6.92 Å². The Kier molecular flexibility index (Phi) is 16.5. The zero-order valence-electron chi connectivity index (χ0n) is 11.0. The van der Waals surface area contributed by atoms with Gasteiger partial charge in [0.15, 0.2) is 0 Å². The zero-order valence-corrected chi connectivity index (χ0v) is 11.0. The Morgan fingerprint density at radius 1 is 0.556 bits per heavy atom. The summed E-state index contributed by atoms with van der Waals surface area (Å²) in [6.45, 7) is 8.75. The van der Waals surface area contributed by atoms with Gasteiger partial charge in [-0.1, -0.05) is 0 Å². The Hall–Kier alpha value is -0.240. The summed E-state index contributed by atoms with van der Waals surface area (Å²) in [6, 6.07) is 0. The minimum Gasteiger partial charge on any atom is -0.394 e. The van der Waals surface area contributed by atoms with Gasteiger partial charge in [0.25, 0.3) is 0 Å². The smallest absolute Gasteiger partial charge is 0.0701 e. The normalized spacial score (nSPS) is 11.0. The van der Waals surface area contributed by atoms with Crippen LogP contribution in [0.3, 0.4) is 0 Å². The molecule has 0 spiro atoms. The average Bonchev–Trinajstić information content (AvgIpc) is 2.39. The number of rotatable bonds is 15. The molecule has 0 aromatic rings. The van der Waals surface area contributed by atoms with Crippen LogP contribution in [-0.4, -0.2) is 77.8 Å². The second-order valence-electron chi connectivity index (χ2n) is 3.29. The van der Waals surface area contributed by atoms with Gasteiger partial charge in [-0.2, -0.15) is 0 Å². The van der Waals surface area contributed by atoms with Gasteiger partial charge in [0.05, 0.1) is 66.1 Å². The predicted molar refractivity (Wildman–Crippen MR) is 66.5 cm³/mol. The molecule has 6 nitrogen and oxygen atoms in total. The summed E-state index contributed by atoms with van der Waals surface area (Å²) in [7, 11) is 0. The summed E-state index contributed by atoms with van der Waals surface area (Å²) in [4.78, 5) is 0.